The zero-order chi connectivity index (χ0) is 14.3. The van der Waals surface area contributed by atoms with Gasteiger partial charge in [0, 0.05) is 13.6 Å². The molecule has 1 atom stereocenters. The first kappa shape index (κ1) is 15.0. The third kappa shape index (κ3) is 3.99. The average Bonchev–Trinajstić information content (AvgIpc) is 2.46. The van der Waals surface area contributed by atoms with E-state index in [1.807, 2.05) is 37.3 Å². The zero-order valence-corrected chi connectivity index (χ0v) is 11.7. The molecule has 0 aromatic heterocycles. The van der Waals surface area contributed by atoms with Crippen LogP contribution in [0.25, 0.3) is 0 Å². The van der Waals surface area contributed by atoms with Crippen LogP contribution in [0.4, 0.5) is 0 Å². The van der Waals surface area contributed by atoms with Crippen LogP contribution in [0.15, 0.2) is 24.3 Å². The predicted octanol–water partition coefficient (Wildman–Crippen LogP) is 2.25. The summed E-state index contributed by atoms with van der Waals surface area (Å²) in [5.41, 5.74) is 1.06. The fourth-order valence-electron chi connectivity index (χ4n) is 1.90. The van der Waals surface area contributed by atoms with E-state index < -0.39 is 5.92 Å². The number of amides is 1. The van der Waals surface area contributed by atoms with Gasteiger partial charge in [-0.25, -0.2) is 0 Å². The highest BCUT2D eigenvalue weighted by Crippen LogP contribution is 2.18. The van der Waals surface area contributed by atoms with Gasteiger partial charge in [-0.2, -0.15) is 5.26 Å². The van der Waals surface area contributed by atoms with Crippen molar-refractivity contribution in [3.05, 3.63) is 29.8 Å². The van der Waals surface area contributed by atoms with Gasteiger partial charge in [-0.3, -0.25) is 4.79 Å². The molecule has 0 saturated carbocycles. The first-order chi connectivity index (χ1) is 9.13. The standard InChI is InChI=1S/C15H20N2O2/c1-4-12(11-16)15(18)17(2)10-9-13-7-5-6-8-14(13)19-3/h5-8,12H,4,9-10H2,1-3H3. The smallest absolute Gasteiger partial charge is 0.239 e. The minimum absolute atomic E-state index is 0.111. The SMILES string of the molecule is CCC(C#N)C(=O)N(C)CCc1ccccc1OC. The van der Waals surface area contributed by atoms with Gasteiger partial charge < -0.3 is 9.64 Å². The van der Waals surface area contributed by atoms with E-state index in [1.165, 1.54) is 0 Å². The molecule has 4 heteroatoms. The Labute approximate surface area is 114 Å². The van der Waals surface area contributed by atoms with Gasteiger partial charge in [-0.15, -0.1) is 0 Å². The fourth-order valence-corrected chi connectivity index (χ4v) is 1.90. The van der Waals surface area contributed by atoms with Crippen LogP contribution in [0.3, 0.4) is 0 Å². The highest BCUT2D eigenvalue weighted by molar-refractivity contribution is 5.80. The van der Waals surface area contributed by atoms with E-state index in [2.05, 4.69) is 0 Å². The molecule has 0 bridgehead atoms. The van der Waals surface area contributed by atoms with Crippen molar-refractivity contribution in [2.45, 2.75) is 19.8 Å². The lowest BCUT2D eigenvalue weighted by Crippen LogP contribution is -2.33. The largest absolute Gasteiger partial charge is 0.496 e. The van der Waals surface area contributed by atoms with Crippen molar-refractivity contribution < 1.29 is 9.53 Å². The number of rotatable bonds is 6. The molecule has 0 N–H and O–H groups in total. The van der Waals surface area contributed by atoms with Crippen molar-refractivity contribution in [3.8, 4) is 11.8 Å². The molecule has 0 aliphatic heterocycles. The highest BCUT2D eigenvalue weighted by Gasteiger charge is 2.19. The van der Waals surface area contributed by atoms with Crippen molar-refractivity contribution in [1.29, 1.82) is 5.26 Å². The molecule has 1 aromatic carbocycles. The number of carbonyl (C=O) groups is 1. The van der Waals surface area contributed by atoms with Crippen molar-refractivity contribution in [2.24, 2.45) is 5.92 Å². The number of likely N-dealkylation sites (N-methyl/N-ethyl adjacent to an activating group) is 1. The van der Waals surface area contributed by atoms with Gasteiger partial charge in [0.25, 0.3) is 0 Å². The van der Waals surface area contributed by atoms with Gasteiger partial charge in [0.1, 0.15) is 11.7 Å². The Balaban J connectivity index is 2.61. The number of benzene rings is 1. The number of nitriles is 1. The quantitative estimate of drug-likeness (QED) is 0.788. The maximum atomic E-state index is 12.0. The van der Waals surface area contributed by atoms with Gasteiger partial charge in [0.05, 0.1) is 13.2 Å². The molecule has 0 radical (unpaired) electrons. The van der Waals surface area contributed by atoms with Crippen LogP contribution < -0.4 is 4.74 Å². The predicted molar refractivity (Wildman–Crippen MR) is 73.7 cm³/mol. The van der Waals surface area contributed by atoms with Gasteiger partial charge in [-0.05, 0) is 24.5 Å². The second-order valence-corrected chi connectivity index (χ2v) is 4.41. The normalized spacial score (nSPS) is 11.5. The minimum atomic E-state index is -0.539. The summed E-state index contributed by atoms with van der Waals surface area (Å²) in [7, 11) is 3.37. The first-order valence-electron chi connectivity index (χ1n) is 6.40. The lowest BCUT2D eigenvalue weighted by molar-refractivity contribution is -0.132. The van der Waals surface area contributed by atoms with E-state index in [0.717, 1.165) is 11.3 Å². The molecule has 1 aromatic rings. The molecule has 0 heterocycles. The highest BCUT2D eigenvalue weighted by atomic mass is 16.5. The van der Waals surface area contributed by atoms with Gasteiger partial charge in [0.15, 0.2) is 0 Å². The van der Waals surface area contributed by atoms with Crippen LogP contribution in [-0.4, -0.2) is 31.5 Å². The minimum Gasteiger partial charge on any atom is -0.496 e. The second kappa shape index (κ2) is 7.42. The molecule has 1 unspecified atom stereocenters. The first-order valence-corrected chi connectivity index (χ1v) is 6.40. The number of hydrogen-bond donors (Lipinski definition) is 0. The summed E-state index contributed by atoms with van der Waals surface area (Å²) in [5, 5.41) is 8.90. The fraction of sp³-hybridized carbons (Fsp3) is 0.467. The Kier molecular flexibility index (Phi) is 5.87. The van der Waals surface area contributed by atoms with Gasteiger partial charge in [-0.1, -0.05) is 25.1 Å². The van der Waals surface area contributed by atoms with Crippen LogP contribution in [0.1, 0.15) is 18.9 Å². The number of ether oxygens (including phenoxy) is 1. The summed E-state index contributed by atoms with van der Waals surface area (Å²) >= 11 is 0. The van der Waals surface area contributed by atoms with Crippen molar-refractivity contribution in [2.75, 3.05) is 20.7 Å². The number of nitrogens with zero attached hydrogens (tertiary/aromatic N) is 2. The van der Waals surface area contributed by atoms with E-state index in [4.69, 9.17) is 10.00 Å². The summed E-state index contributed by atoms with van der Waals surface area (Å²) in [6, 6.07) is 9.79. The van der Waals surface area contributed by atoms with Crippen LogP contribution in [0.5, 0.6) is 5.75 Å². The van der Waals surface area contributed by atoms with Crippen LogP contribution in [0, 0.1) is 17.2 Å². The third-order valence-electron chi connectivity index (χ3n) is 3.15. The maximum absolute atomic E-state index is 12.0. The Hall–Kier alpha value is -2.02. The van der Waals surface area contributed by atoms with E-state index in [9.17, 15) is 4.79 Å². The van der Waals surface area contributed by atoms with Crippen LogP contribution in [0.2, 0.25) is 0 Å². The van der Waals surface area contributed by atoms with Crippen LogP contribution in [-0.2, 0) is 11.2 Å². The van der Waals surface area contributed by atoms with E-state index in [-0.39, 0.29) is 5.91 Å². The molecule has 0 aliphatic rings. The summed E-state index contributed by atoms with van der Waals surface area (Å²) in [6.07, 6.45) is 1.27. The summed E-state index contributed by atoms with van der Waals surface area (Å²) in [5.74, 6) is 0.179. The summed E-state index contributed by atoms with van der Waals surface area (Å²) in [6.45, 7) is 2.43. The Bertz CT molecular complexity index is 465. The monoisotopic (exact) mass is 260 g/mol. The van der Waals surface area contributed by atoms with E-state index >= 15 is 0 Å². The summed E-state index contributed by atoms with van der Waals surface area (Å²) in [4.78, 5) is 13.6. The molecule has 0 saturated heterocycles. The van der Waals surface area contributed by atoms with Gasteiger partial charge >= 0.3 is 0 Å². The molecule has 1 amide bonds. The summed E-state index contributed by atoms with van der Waals surface area (Å²) < 4.78 is 5.27. The third-order valence-corrected chi connectivity index (χ3v) is 3.15. The number of carbonyl (C=O) groups excluding carboxylic acids is 1. The molecular weight excluding hydrogens is 240 g/mol. The molecule has 1 rings (SSSR count). The molecule has 19 heavy (non-hydrogen) atoms. The zero-order valence-electron chi connectivity index (χ0n) is 11.7. The van der Waals surface area contributed by atoms with Crippen LogP contribution >= 0.6 is 0 Å². The van der Waals surface area contributed by atoms with Crippen molar-refractivity contribution >= 4 is 5.91 Å². The van der Waals surface area contributed by atoms with Crippen molar-refractivity contribution in [3.63, 3.8) is 0 Å². The Morgan fingerprint density at radius 3 is 2.74 bits per heavy atom. The Morgan fingerprint density at radius 1 is 1.47 bits per heavy atom. The number of hydrogen-bond acceptors (Lipinski definition) is 3. The van der Waals surface area contributed by atoms with Gasteiger partial charge in [0.2, 0.25) is 5.91 Å². The molecule has 4 nitrogen and oxygen atoms in total. The average molecular weight is 260 g/mol. The molecule has 102 valence electrons. The van der Waals surface area contributed by atoms with Crippen molar-refractivity contribution in [1.82, 2.24) is 4.90 Å². The molecule has 0 spiro atoms. The second-order valence-electron chi connectivity index (χ2n) is 4.41. The van der Waals surface area contributed by atoms with E-state index in [1.54, 1.807) is 19.1 Å². The Morgan fingerprint density at radius 2 is 2.16 bits per heavy atom. The maximum Gasteiger partial charge on any atom is 0.239 e. The van der Waals surface area contributed by atoms with E-state index in [0.29, 0.717) is 19.4 Å². The molecule has 0 fully saturated rings. The lowest BCUT2D eigenvalue weighted by Gasteiger charge is -2.20. The number of para-hydroxylation sites is 1. The lowest BCUT2D eigenvalue weighted by atomic mass is 10.1. The number of methoxy groups -OCH3 is 1. The molecular formula is C15H20N2O2. The molecule has 0 aliphatic carbocycles. The topological polar surface area (TPSA) is 53.3 Å².